The summed E-state index contributed by atoms with van der Waals surface area (Å²) in [5, 5.41) is 0. The lowest BCUT2D eigenvalue weighted by Crippen LogP contribution is -2.52. The second-order valence-electron chi connectivity index (χ2n) is 5.23. The van der Waals surface area contributed by atoms with Gasteiger partial charge in [-0.1, -0.05) is 0 Å². The average molecular weight is 320 g/mol. The fraction of sp³-hybridized carbons (Fsp3) is 0.923. The van der Waals surface area contributed by atoms with E-state index in [-0.39, 0.29) is 12.0 Å². The number of rotatable bonds is 9. The number of carbonyl (C=O) groups is 1. The number of ether oxygens (including phenoxy) is 1. The molecule has 21 heavy (non-hydrogen) atoms. The van der Waals surface area contributed by atoms with Crippen LogP contribution in [0.15, 0.2) is 0 Å². The molecule has 1 aliphatic heterocycles. The number of carbonyl (C=O) groups excluding carboxylic acids is 1. The van der Waals surface area contributed by atoms with Crippen molar-refractivity contribution in [3.63, 3.8) is 0 Å². The number of methoxy groups -OCH3 is 1. The number of hydrogen-bond donors (Lipinski definition) is 2. The van der Waals surface area contributed by atoms with Crippen LogP contribution in [0, 0.1) is 0 Å². The Kier molecular flexibility index (Phi) is 8.38. The van der Waals surface area contributed by atoms with Gasteiger partial charge >= 0.3 is 14.8 Å². The van der Waals surface area contributed by atoms with Gasteiger partial charge in [-0.15, -0.1) is 0 Å². The van der Waals surface area contributed by atoms with E-state index in [4.69, 9.17) is 13.3 Å². The van der Waals surface area contributed by atoms with Crippen molar-refractivity contribution < 1.29 is 22.8 Å². The third-order valence-electron chi connectivity index (χ3n) is 3.96. The Balaban J connectivity index is 2.22. The quantitative estimate of drug-likeness (QED) is 0.481. The SMILES string of the molecule is COC(=O)CC1CCC(CCC[Si](OC)(OC)OC)NN1. The number of hydrogen-bond acceptors (Lipinski definition) is 7. The largest absolute Gasteiger partial charge is 0.500 e. The fourth-order valence-electron chi connectivity index (χ4n) is 2.56. The zero-order valence-corrected chi connectivity index (χ0v) is 14.4. The highest BCUT2D eigenvalue weighted by atomic mass is 28.4. The number of hydrazine groups is 1. The van der Waals surface area contributed by atoms with Crippen LogP contribution in [0.25, 0.3) is 0 Å². The zero-order chi connectivity index (χ0) is 15.7. The minimum absolute atomic E-state index is 0.152. The van der Waals surface area contributed by atoms with Crippen molar-refractivity contribution in [2.75, 3.05) is 28.4 Å². The van der Waals surface area contributed by atoms with Crippen LogP contribution in [0.5, 0.6) is 0 Å². The van der Waals surface area contributed by atoms with Crippen LogP contribution in [-0.2, 0) is 22.8 Å². The van der Waals surface area contributed by atoms with Gasteiger partial charge < -0.3 is 18.0 Å². The highest BCUT2D eigenvalue weighted by molar-refractivity contribution is 6.60. The summed E-state index contributed by atoms with van der Waals surface area (Å²) >= 11 is 0. The number of nitrogens with one attached hydrogen (secondary N) is 2. The van der Waals surface area contributed by atoms with Gasteiger partial charge in [0.25, 0.3) is 0 Å². The summed E-state index contributed by atoms with van der Waals surface area (Å²) in [6.07, 6.45) is 4.40. The minimum atomic E-state index is -2.45. The van der Waals surface area contributed by atoms with Gasteiger partial charge in [-0.25, -0.2) is 0 Å². The molecule has 0 amide bonds. The van der Waals surface area contributed by atoms with Gasteiger partial charge in [0.15, 0.2) is 0 Å². The maximum atomic E-state index is 11.2. The first-order valence-corrected chi connectivity index (χ1v) is 9.25. The molecule has 0 aliphatic carbocycles. The molecule has 2 unspecified atom stereocenters. The molecule has 1 fully saturated rings. The van der Waals surface area contributed by atoms with E-state index in [9.17, 15) is 4.79 Å². The van der Waals surface area contributed by atoms with Gasteiger partial charge in [-0.3, -0.25) is 15.6 Å². The first kappa shape index (κ1) is 18.5. The Bertz CT molecular complexity index is 299. The third-order valence-corrected chi connectivity index (χ3v) is 6.80. The molecule has 0 aromatic rings. The van der Waals surface area contributed by atoms with Crippen molar-refractivity contribution in [2.24, 2.45) is 0 Å². The molecule has 0 aromatic carbocycles. The van der Waals surface area contributed by atoms with Gasteiger partial charge in [-0.2, -0.15) is 0 Å². The molecule has 124 valence electrons. The molecule has 1 rings (SSSR count). The maximum Gasteiger partial charge on any atom is 0.500 e. The molecule has 1 heterocycles. The minimum Gasteiger partial charge on any atom is -0.469 e. The van der Waals surface area contributed by atoms with Crippen LogP contribution >= 0.6 is 0 Å². The Labute approximate surface area is 128 Å². The second kappa shape index (κ2) is 9.49. The van der Waals surface area contributed by atoms with Crippen molar-refractivity contribution in [3.05, 3.63) is 0 Å². The first-order chi connectivity index (χ1) is 10.1. The van der Waals surface area contributed by atoms with E-state index in [2.05, 4.69) is 15.6 Å². The van der Waals surface area contributed by atoms with Crippen LogP contribution in [0.4, 0.5) is 0 Å². The van der Waals surface area contributed by atoms with Gasteiger partial charge in [0.2, 0.25) is 0 Å². The molecule has 2 atom stereocenters. The predicted octanol–water partition coefficient (Wildman–Crippen LogP) is 0.833. The summed E-state index contributed by atoms with van der Waals surface area (Å²) in [6.45, 7) is 0. The summed E-state index contributed by atoms with van der Waals surface area (Å²) in [6, 6.07) is 1.36. The van der Waals surface area contributed by atoms with Gasteiger partial charge in [-0.05, 0) is 25.7 Å². The highest BCUT2D eigenvalue weighted by Gasteiger charge is 2.37. The van der Waals surface area contributed by atoms with E-state index >= 15 is 0 Å². The maximum absolute atomic E-state index is 11.2. The van der Waals surface area contributed by atoms with Gasteiger partial charge in [0.1, 0.15) is 0 Å². The van der Waals surface area contributed by atoms with E-state index in [0.29, 0.717) is 12.5 Å². The van der Waals surface area contributed by atoms with E-state index in [0.717, 1.165) is 31.7 Å². The molecule has 0 bridgehead atoms. The summed E-state index contributed by atoms with van der Waals surface area (Å²) in [5.41, 5.74) is 6.46. The smallest absolute Gasteiger partial charge is 0.469 e. The Morgan fingerprint density at radius 3 is 2.10 bits per heavy atom. The summed E-state index contributed by atoms with van der Waals surface area (Å²) in [5.74, 6) is -0.177. The molecule has 0 spiro atoms. The Morgan fingerprint density at radius 2 is 1.62 bits per heavy atom. The van der Waals surface area contributed by atoms with Crippen molar-refractivity contribution >= 4 is 14.8 Å². The average Bonchev–Trinajstić information content (AvgIpc) is 2.53. The monoisotopic (exact) mass is 320 g/mol. The Morgan fingerprint density at radius 1 is 1.05 bits per heavy atom. The topological polar surface area (TPSA) is 78.1 Å². The normalized spacial score (nSPS) is 23.0. The molecule has 2 N–H and O–H groups in total. The van der Waals surface area contributed by atoms with Crippen molar-refractivity contribution in [3.8, 4) is 0 Å². The van der Waals surface area contributed by atoms with Crippen LogP contribution in [0.2, 0.25) is 6.04 Å². The molecular formula is C13H28N2O5Si. The van der Waals surface area contributed by atoms with Gasteiger partial charge in [0.05, 0.1) is 13.5 Å². The molecule has 7 nitrogen and oxygen atoms in total. The van der Waals surface area contributed by atoms with Crippen molar-refractivity contribution in [1.82, 2.24) is 10.9 Å². The van der Waals surface area contributed by atoms with E-state index < -0.39 is 8.80 Å². The van der Waals surface area contributed by atoms with E-state index in [1.165, 1.54) is 7.11 Å². The lowest BCUT2D eigenvalue weighted by molar-refractivity contribution is -0.141. The lowest BCUT2D eigenvalue weighted by Gasteiger charge is -2.31. The second-order valence-corrected chi connectivity index (χ2v) is 8.32. The lowest BCUT2D eigenvalue weighted by atomic mass is 9.99. The van der Waals surface area contributed by atoms with Crippen LogP contribution in [0.1, 0.15) is 32.1 Å². The zero-order valence-electron chi connectivity index (χ0n) is 13.4. The van der Waals surface area contributed by atoms with Gasteiger partial charge in [0, 0.05) is 39.5 Å². The summed E-state index contributed by atoms with van der Waals surface area (Å²) in [7, 11) is 3.87. The summed E-state index contributed by atoms with van der Waals surface area (Å²) in [4.78, 5) is 11.2. The van der Waals surface area contributed by atoms with Crippen molar-refractivity contribution in [1.29, 1.82) is 0 Å². The van der Waals surface area contributed by atoms with Crippen LogP contribution in [0.3, 0.4) is 0 Å². The van der Waals surface area contributed by atoms with Crippen LogP contribution in [-0.4, -0.2) is 55.3 Å². The molecule has 8 heteroatoms. The molecule has 0 saturated carbocycles. The fourth-order valence-corrected chi connectivity index (χ4v) is 4.31. The van der Waals surface area contributed by atoms with Crippen LogP contribution < -0.4 is 10.9 Å². The van der Waals surface area contributed by atoms with Crippen molar-refractivity contribution in [2.45, 2.75) is 50.2 Å². The molecule has 0 aromatic heterocycles. The first-order valence-electron chi connectivity index (χ1n) is 7.32. The predicted molar refractivity (Wildman–Crippen MR) is 80.5 cm³/mol. The Hall–Kier alpha value is -0.513. The standard InChI is InChI=1S/C13H28N2O5Si/c1-17-13(16)10-12-8-7-11(14-15-12)6-5-9-21(18-2,19-3)20-4/h11-12,14-15H,5-10H2,1-4H3. The summed E-state index contributed by atoms with van der Waals surface area (Å²) < 4.78 is 20.9. The third kappa shape index (κ3) is 6.01. The van der Waals surface area contributed by atoms with E-state index in [1.807, 2.05) is 0 Å². The molecular weight excluding hydrogens is 292 g/mol. The van der Waals surface area contributed by atoms with E-state index in [1.54, 1.807) is 21.3 Å². The molecule has 1 aliphatic rings. The molecule has 1 saturated heterocycles. The molecule has 0 radical (unpaired) electrons. The number of esters is 1. The highest BCUT2D eigenvalue weighted by Crippen LogP contribution is 2.20.